The summed E-state index contributed by atoms with van der Waals surface area (Å²) in [5, 5.41) is 71.5. The fraction of sp³-hybridized carbons (Fsp3) is 0.522. The van der Waals surface area contributed by atoms with Gasteiger partial charge in [0.1, 0.15) is 42.9 Å². The molecule has 8 atom stereocenters. The first kappa shape index (κ1) is 32.0. The summed E-state index contributed by atoms with van der Waals surface area (Å²) in [6.45, 7) is -2.23. The van der Waals surface area contributed by atoms with Gasteiger partial charge in [-0.2, -0.15) is 13.8 Å². The summed E-state index contributed by atoms with van der Waals surface area (Å²) in [7, 11) is 0. The van der Waals surface area contributed by atoms with Gasteiger partial charge in [-0.15, -0.1) is 0 Å². The van der Waals surface area contributed by atoms with Crippen LogP contribution >= 0.6 is 0 Å². The topological polar surface area (TPSA) is 265 Å². The fourth-order valence-electron chi connectivity index (χ4n) is 4.25. The van der Waals surface area contributed by atoms with E-state index in [1.807, 2.05) is 0 Å². The first-order valence-corrected chi connectivity index (χ1v) is 12.4. The number of alkyl halides is 2. The summed E-state index contributed by atoms with van der Waals surface area (Å²) in [5.41, 5.74) is -1.88. The number of nitro benzene ring substituents is 1. The number of nitro groups is 1. The maximum atomic E-state index is 14.3. The average Bonchev–Trinajstić information content (AvgIpc) is 3.20. The minimum absolute atomic E-state index is 0.0731. The zero-order valence-electron chi connectivity index (χ0n) is 21.7. The van der Waals surface area contributed by atoms with Crippen molar-refractivity contribution in [2.75, 3.05) is 18.5 Å². The minimum atomic E-state index is -3.94. The van der Waals surface area contributed by atoms with Crippen molar-refractivity contribution >= 4 is 17.6 Å². The molecule has 18 nitrogen and oxygen atoms in total. The third-order valence-electron chi connectivity index (χ3n) is 6.55. The number of amides is 1. The predicted octanol–water partition coefficient (Wildman–Crippen LogP) is -2.04. The highest BCUT2D eigenvalue weighted by Gasteiger charge is 2.59. The number of carbonyl (C=O) groups is 1. The first-order valence-electron chi connectivity index (χ1n) is 12.4. The van der Waals surface area contributed by atoms with Crippen molar-refractivity contribution in [1.82, 2.24) is 9.55 Å². The van der Waals surface area contributed by atoms with Crippen LogP contribution in [0.3, 0.4) is 0 Å². The van der Waals surface area contributed by atoms with Crippen LogP contribution in [0.1, 0.15) is 11.8 Å². The van der Waals surface area contributed by atoms with E-state index >= 15 is 0 Å². The molecule has 43 heavy (non-hydrogen) atoms. The van der Waals surface area contributed by atoms with E-state index < -0.39 is 109 Å². The van der Waals surface area contributed by atoms with E-state index in [9.17, 15) is 54.0 Å². The molecule has 2 aromatic rings. The van der Waals surface area contributed by atoms with Crippen molar-refractivity contribution in [2.45, 2.75) is 61.7 Å². The van der Waals surface area contributed by atoms with Crippen LogP contribution in [0.2, 0.25) is 0 Å². The number of nitrogens with zero attached hydrogens (tertiary/aromatic N) is 3. The minimum Gasteiger partial charge on any atom is -0.455 e. The second kappa shape index (κ2) is 12.8. The molecule has 0 bridgehead atoms. The monoisotopic (exact) mass is 620 g/mol. The number of aromatic nitrogens is 2. The number of halogens is 2. The van der Waals surface area contributed by atoms with E-state index in [1.165, 1.54) is 6.07 Å². The smallest absolute Gasteiger partial charge is 0.413 e. The molecule has 0 spiro atoms. The van der Waals surface area contributed by atoms with E-state index in [1.54, 1.807) is 0 Å². The highest BCUT2D eigenvalue weighted by Crippen LogP contribution is 2.42. The summed E-state index contributed by atoms with van der Waals surface area (Å²) in [5.74, 6) is -4.78. The number of anilines is 1. The van der Waals surface area contributed by atoms with E-state index in [0.29, 0.717) is 4.57 Å². The van der Waals surface area contributed by atoms with Crippen LogP contribution in [0.5, 0.6) is 5.75 Å². The Morgan fingerprint density at radius 2 is 1.79 bits per heavy atom. The molecule has 236 valence electrons. The molecule has 2 unspecified atom stereocenters. The Bertz CT molecular complexity index is 1390. The molecule has 0 aliphatic carbocycles. The zero-order chi connectivity index (χ0) is 31.6. The summed E-state index contributed by atoms with van der Waals surface area (Å²) < 4.78 is 49.3. The Labute approximate surface area is 238 Å². The molecule has 7 N–H and O–H groups in total. The molecule has 4 rings (SSSR count). The van der Waals surface area contributed by atoms with E-state index in [2.05, 4.69) is 10.3 Å². The first-order chi connectivity index (χ1) is 20.3. The normalized spacial score (nSPS) is 30.0. The molecular formula is C23H26F2N4O14. The molecular weight excluding hydrogens is 594 g/mol. The molecule has 2 aliphatic heterocycles. The lowest BCUT2D eigenvalue weighted by Gasteiger charge is -2.39. The number of benzene rings is 1. The number of hydrogen-bond acceptors (Lipinski definition) is 15. The molecule has 2 aliphatic rings. The Balaban J connectivity index is 1.39. The van der Waals surface area contributed by atoms with Crippen molar-refractivity contribution in [3.8, 4) is 5.75 Å². The third kappa shape index (κ3) is 6.55. The molecule has 2 fully saturated rings. The third-order valence-corrected chi connectivity index (χ3v) is 6.55. The summed E-state index contributed by atoms with van der Waals surface area (Å²) >= 11 is 0. The van der Waals surface area contributed by atoms with E-state index in [0.717, 1.165) is 24.4 Å². The van der Waals surface area contributed by atoms with Gasteiger partial charge in [-0.3, -0.25) is 20.0 Å². The van der Waals surface area contributed by atoms with Crippen molar-refractivity contribution in [1.29, 1.82) is 0 Å². The van der Waals surface area contributed by atoms with Crippen molar-refractivity contribution < 1.29 is 68.1 Å². The molecule has 0 saturated carbocycles. The second-order valence-electron chi connectivity index (χ2n) is 9.41. The van der Waals surface area contributed by atoms with Gasteiger partial charge in [0, 0.05) is 12.3 Å². The fourth-order valence-corrected chi connectivity index (χ4v) is 4.25. The Morgan fingerprint density at radius 1 is 1.09 bits per heavy atom. The van der Waals surface area contributed by atoms with Crippen LogP contribution < -0.4 is 15.7 Å². The molecule has 3 heterocycles. The number of nitrogens with one attached hydrogen (secondary N) is 1. The highest BCUT2D eigenvalue weighted by molar-refractivity contribution is 5.83. The molecule has 2 saturated heterocycles. The Hall–Kier alpha value is -3.89. The number of ether oxygens (including phenoxy) is 4. The lowest BCUT2D eigenvalue weighted by atomic mass is 9.99. The molecule has 1 aromatic carbocycles. The van der Waals surface area contributed by atoms with Crippen molar-refractivity contribution in [3.05, 3.63) is 56.6 Å². The Kier molecular flexibility index (Phi) is 9.51. The lowest BCUT2D eigenvalue weighted by molar-refractivity contribution is -0.387. The molecule has 0 radical (unpaired) electrons. The number of carbonyl (C=O) groups excluding carboxylic acids is 1. The van der Waals surface area contributed by atoms with Crippen LogP contribution in [-0.4, -0.2) is 113 Å². The van der Waals surface area contributed by atoms with Gasteiger partial charge >= 0.3 is 23.4 Å². The molecule has 20 heteroatoms. The van der Waals surface area contributed by atoms with Crippen LogP contribution in [0, 0.1) is 10.1 Å². The zero-order valence-corrected chi connectivity index (χ0v) is 21.7. The summed E-state index contributed by atoms with van der Waals surface area (Å²) in [6, 6.07) is 4.24. The standard InChI is InChI=1S/C23H26F2N4O14/c24-23(25)18(35)13(7-31)43-20(23)28-4-3-14(26-21(28)36)27-22(37)40-8-9-1-2-11(10(5-9)29(38)39)41-19-17(34)16(33)15(32)12(6-30)42-19/h1-5,12-13,15-20,30-35H,6-8H2,(H,26,27,36,37)/t12?,13-,15+,16+,17?,18+,19-,20-/m1/s1. The van der Waals surface area contributed by atoms with Crippen molar-refractivity contribution in [2.24, 2.45) is 0 Å². The van der Waals surface area contributed by atoms with Crippen LogP contribution in [0.4, 0.5) is 25.1 Å². The van der Waals surface area contributed by atoms with Crippen LogP contribution in [-0.2, 0) is 20.8 Å². The summed E-state index contributed by atoms with van der Waals surface area (Å²) in [6.07, 6.45) is -15.0. The number of rotatable bonds is 9. The SMILES string of the molecule is O=C(Nc1ccn([C@@H]2O[C@H](CO)[C@H](O)C2(F)F)c(=O)n1)OCc1ccc(O[C@@H]2OC(CO)[C@H](O)[C@H](O)C2O)c([N+](=O)[O-])c1. The highest BCUT2D eigenvalue weighted by atomic mass is 19.3. The maximum Gasteiger partial charge on any atom is 0.413 e. The second-order valence-corrected chi connectivity index (χ2v) is 9.41. The van der Waals surface area contributed by atoms with Gasteiger partial charge in [0.2, 0.25) is 12.5 Å². The van der Waals surface area contributed by atoms with Gasteiger partial charge < -0.3 is 49.6 Å². The average molecular weight is 620 g/mol. The number of aliphatic hydroxyl groups excluding tert-OH is 6. The maximum absolute atomic E-state index is 14.3. The van der Waals surface area contributed by atoms with Gasteiger partial charge in [0.05, 0.1) is 18.1 Å². The van der Waals surface area contributed by atoms with Gasteiger partial charge in [0.15, 0.2) is 11.9 Å². The van der Waals surface area contributed by atoms with Crippen LogP contribution in [0.25, 0.3) is 0 Å². The molecule has 1 amide bonds. The van der Waals surface area contributed by atoms with Crippen LogP contribution in [0.15, 0.2) is 35.3 Å². The molecule has 1 aromatic heterocycles. The van der Waals surface area contributed by atoms with Gasteiger partial charge in [0.25, 0.3) is 0 Å². The number of aliphatic hydroxyl groups is 6. The lowest BCUT2D eigenvalue weighted by Crippen LogP contribution is -2.60. The number of hydrogen-bond donors (Lipinski definition) is 7. The van der Waals surface area contributed by atoms with Crippen molar-refractivity contribution in [3.63, 3.8) is 0 Å². The van der Waals surface area contributed by atoms with Gasteiger partial charge in [-0.1, -0.05) is 6.07 Å². The van der Waals surface area contributed by atoms with Gasteiger partial charge in [-0.05, 0) is 17.7 Å². The Morgan fingerprint density at radius 3 is 2.40 bits per heavy atom. The van der Waals surface area contributed by atoms with Gasteiger partial charge in [-0.25, -0.2) is 9.59 Å². The predicted molar refractivity (Wildman–Crippen MR) is 132 cm³/mol. The quantitative estimate of drug-likeness (QED) is 0.118. The van der Waals surface area contributed by atoms with E-state index in [-0.39, 0.29) is 5.56 Å². The van der Waals surface area contributed by atoms with E-state index in [4.69, 9.17) is 24.1 Å². The largest absolute Gasteiger partial charge is 0.455 e. The summed E-state index contributed by atoms with van der Waals surface area (Å²) in [4.78, 5) is 38.7.